The van der Waals surface area contributed by atoms with E-state index in [9.17, 15) is 9.59 Å². The molecule has 0 saturated carbocycles. The van der Waals surface area contributed by atoms with Gasteiger partial charge in [-0.3, -0.25) is 14.5 Å². The van der Waals surface area contributed by atoms with Crippen LogP contribution in [0.15, 0.2) is 48.5 Å². The summed E-state index contributed by atoms with van der Waals surface area (Å²) in [5.74, 6) is 0.0761. The van der Waals surface area contributed by atoms with Crippen LogP contribution in [-0.4, -0.2) is 61.5 Å². The van der Waals surface area contributed by atoms with Gasteiger partial charge >= 0.3 is 0 Å². The summed E-state index contributed by atoms with van der Waals surface area (Å²) in [5, 5.41) is 0.728. The van der Waals surface area contributed by atoms with Gasteiger partial charge in [-0.05, 0) is 47.6 Å². The minimum Gasteiger partial charge on any atom is -0.375 e. The number of ether oxygens (including phenoxy) is 1. The molecule has 0 bridgehead atoms. The summed E-state index contributed by atoms with van der Waals surface area (Å²) in [6.45, 7) is 10.6. The van der Waals surface area contributed by atoms with E-state index in [0.717, 1.165) is 48.7 Å². The Morgan fingerprint density at radius 3 is 2.25 bits per heavy atom. The Labute approximate surface area is 221 Å². The van der Waals surface area contributed by atoms with E-state index in [1.54, 1.807) is 7.11 Å². The van der Waals surface area contributed by atoms with Gasteiger partial charge < -0.3 is 14.5 Å². The molecule has 0 fully saturated rings. The summed E-state index contributed by atoms with van der Waals surface area (Å²) < 4.78 is 5.19. The number of para-hydroxylation sites is 1. The van der Waals surface area contributed by atoms with Crippen molar-refractivity contribution in [2.45, 2.75) is 53.1 Å². The van der Waals surface area contributed by atoms with Crippen molar-refractivity contribution in [1.29, 1.82) is 0 Å². The standard InChI is InChI=1S/C29H40ClN3O3/c1-29(2,3)19-27(34)32-17-7-15-31(20-23-11-13-25(30)14-12-23)16-8-18-33(28(35)22-36-4)26-10-6-5-9-24(26)21-32/h5-6,9-14H,7-8,15-22H2,1-4H3. The number of benzene rings is 2. The number of fused-ring (bicyclic) bond motifs is 1. The number of nitrogens with zero attached hydrogens (tertiary/aromatic N) is 3. The Bertz CT molecular complexity index is 1000. The summed E-state index contributed by atoms with van der Waals surface area (Å²) in [6.07, 6.45) is 2.21. The zero-order valence-electron chi connectivity index (χ0n) is 22.1. The minimum atomic E-state index is -0.0959. The second kappa shape index (κ2) is 13.2. The highest BCUT2D eigenvalue weighted by Gasteiger charge is 2.25. The number of methoxy groups -OCH3 is 1. The largest absolute Gasteiger partial charge is 0.375 e. The molecule has 0 spiro atoms. The maximum atomic E-state index is 13.4. The molecule has 2 amide bonds. The van der Waals surface area contributed by atoms with Crippen LogP contribution < -0.4 is 4.90 Å². The number of hydrogen-bond acceptors (Lipinski definition) is 4. The monoisotopic (exact) mass is 513 g/mol. The predicted octanol–water partition coefficient (Wildman–Crippen LogP) is 5.38. The van der Waals surface area contributed by atoms with Gasteiger partial charge in [-0.15, -0.1) is 0 Å². The van der Waals surface area contributed by atoms with Crippen LogP contribution in [0, 0.1) is 5.41 Å². The normalized spacial score (nSPS) is 16.1. The Balaban J connectivity index is 1.89. The Morgan fingerprint density at radius 2 is 1.58 bits per heavy atom. The van der Waals surface area contributed by atoms with Gasteiger partial charge in [0.25, 0.3) is 5.91 Å². The lowest BCUT2D eigenvalue weighted by molar-refractivity contribution is -0.133. The van der Waals surface area contributed by atoms with Crippen molar-refractivity contribution >= 4 is 29.1 Å². The van der Waals surface area contributed by atoms with Crippen LogP contribution in [0.1, 0.15) is 51.2 Å². The topological polar surface area (TPSA) is 53.1 Å². The third kappa shape index (κ3) is 8.61. The lowest BCUT2D eigenvalue weighted by Gasteiger charge is -2.32. The molecule has 36 heavy (non-hydrogen) atoms. The molecule has 0 aliphatic carbocycles. The van der Waals surface area contributed by atoms with Gasteiger partial charge in [-0.2, -0.15) is 0 Å². The summed E-state index contributed by atoms with van der Waals surface area (Å²) in [7, 11) is 1.54. The molecule has 1 aliphatic rings. The molecular formula is C29H40ClN3O3. The van der Waals surface area contributed by atoms with E-state index in [2.05, 4.69) is 37.8 Å². The minimum absolute atomic E-state index is 0.0233. The highest BCUT2D eigenvalue weighted by atomic mass is 35.5. The van der Waals surface area contributed by atoms with Crippen molar-refractivity contribution in [3.63, 3.8) is 0 Å². The molecule has 1 aliphatic heterocycles. The first-order valence-electron chi connectivity index (χ1n) is 12.8. The highest BCUT2D eigenvalue weighted by Crippen LogP contribution is 2.26. The number of amides is 2. The smallest absolute Gasteiger partial charge is 0.252 e. The van der Waals surface area contributed by atoms with Crippen LogP contribution in [0.5, 0.6) is 0 Å². The van der Waals surface area contributed by atoms with Crippen LogP contribution in [0.25, 0.3) is 0 Å². The molecule has 0 radical (unpaired) electrons. The van der Waals surface area contributed by atoms with Gasteiger partial charge in [0.05, 0.1) is 0 Å². The summed E-state index contributed by atoms with van der Waals surface area (Å²) in [6, 6.07) is 15.9. The van der Waals surface area contributed by atoms with Gasteiger partial charge in [-0.25, -0.2) is 0 Å². The second-order valence-corrected chi connectivity index (χ2v) is 11.2. The van der Waals surface area contributed by atoms with E-state index in [1.807, 2.05) is 46.2 Å². The van der Waals surface area contributed by atoms with E-state index in [0.29, 0.717) is 26.1 Å². The van der Waals surface area contributed by atoms with E-state index in [4.69, 9.17) is 16.3 Å². The average molecular weight is 514 g/mol. The number of carbonyl (C=O) groups is 2. The van der Waals surface area contributed by atoms with Crippen molar-refractivity contribution < 1.29 is 14.3 Å². The molecule has 0 aromatic heterocycles. The van der Waals surface area contributed by atoms with Crippen LogP contribution in [0.2, 0.25) is 5.02 Å². The number of anilines is 1. The first-order valence-corrected chi connectivity index (χ1v) is 13.2. The van der Waals surface area contributed by atoms with Crippen LogP contribution in [0.3, 0.4) is 0 Å². The van der Waals surface area contributed by atoms with E-state index in [1.165, 1.54) is 5.56 Å². The first kappa shape index (κ1) is 28.2. The first-order chi connectivity index (χ1) is 17.2. The average Bonchev–Trinajstić information content (AvgIpc) is 2.81. The SMILES string of the molecule is COCC(=O)N1CCCN(Cc2ccc(Cl)cc2)CCCN(C(=O)CC(C)(C)C)Cc2ccccc21. The summed E-state index contributed by atoms with van der Waals surface area (Å²) in [5.41, 5.74) is 2.95. The number of carbonyl (C=O) groups excluding carboxylic acids is 2. The van der Waals surface area contributed by atoms with Crippen molar-refractivity contribution in [2.24, 2.45) is 5.41 Å². The van der Waals surface area contributed by atoms with Gasteiger partial charge in [0.2, 0.25) is 5.91 Å². The Hall–Kier alpha value is -2.41. The Morgan fingerprint density at radius 1 is 0.917 bits per heavy atom. The molecular weight excluding hydrogens is 474 g/mol. The van der Waals surface area contributed by atoms with Gasteiger partial charge in [-0.1, -0.05) is 62.7 Å². The van der Waals surface area contributed by atoms with Crippen molar-refractivity contribution in [3.8, 4) is 0 Å². The number of hydrogen-bond donors (Lipinski definition) is 0. The summed E-state index contributed by atoms with van der Waals surface area (Å²) in [4.78, 5) is 32.6. The van der Waals surface area contributed by atoms with Gasteiger partial charge in [0, 0.05) is 63.5 Å². The molecule has 2 aromatic rings. The maximum Gasteiger partial charge on any atom is 0.252 e. The van der Waals surface area contributed by atoms with E-state index in [-0.39, 0.29) is 23.8 Å². The van der Waals surface area contributed by atoms with Crippen LogP contribution in [-0.2, 0) is 27.4 Å². The molecule has 6 nitrogen and oxygen atoms in total. The predicted molar refractivity (Wildman–Crippen MR) is 146 cm³/mol. The highest BCUT2D eigenvalue weighted by molar-refractivity contribution is 6.30. The Kier molecular flexibility index (Phi) is 10.3. The molecule has 0 N–H and O–H groups in total. The number of halogens is 1. The zero-order chi connectivity index (χ0) is 26.1. The zero-order valence-corrected chi connectivity index (χ0v) is 22.9. The molecule has 0 unspecified atom stereocenters. The molecule has 1 heterocycles. The fourth-order valence-electron chi connectivity index (χ4n) is 4.61. The second-order valence-electron chi connectivity index (χ2n) is 10.8. The molecule has 2 aromatic carbocycles. The van der Waals surface area contributed by atoms with E-state index < -0.39 is 0 Å². The fraction of sp³-hybridized carbons (Fsp3) is 0.517. The fourth-order valence-corrected chi connectivity index (χ4v) is 4.73. The molecule has 0 saturated heterocycles. The molecule has 7 heteroatoms. The summed E-state index contributed by atoms with van der Waals surface area (Å²) >= 11 is 6.08. The van der Waals surface area contributed by atoms with Crippen molar-refractivity contribution in [1.82, 2.24) is 9.80 Å². The molecule has 3 rings (SSSR count). The van der Waals surface area contributed by atoms with Gasteiger partial charge in [0.1, 0.15) is 6.61 Å². The van der Waals surface area contributed by atoms with Crippen molar-refractivity contribution in [2.75, 3.05) is 44.8 Å². The van der Waals surface area contributed by atoms with Gasteiger partial charge in [0.15, 0.2) is 0 Å². The quantitative estimate of drug-likeness (QED) is 0.538. The third-order valence-electron chi connectivity index (χ3n) is 6.32. The van der Waals surface area contributed by atoms with Crippen molar-refractivity contribution in [3.05, 3.63) is 64.7 Å². The maximum absolute atomic E-state index is 13.4. The third-order valence-corrected chi connectivity index (χ3v) is 6.58. The van der Waals surface area contributed by atoms with Crippen LogP contribution in [0.4, 0.5) is 5.69 Å². The number of rotatable bonds is 5. The molecule has 0 atom stereocenters. The van der Waals surface area contributed by atoms with Crippen LogP contribution >= 0.6 is 11.6 Å². The van der Waals surface area contributed by atoms with E-state index >= 15 is 0 Å². The lowest BCUT2D eigenvalue weighted by atomic mass is 9.91. The lowest BCUT2D eigenvalue weighted by Crippen LogP contribution is -2.40. The molecule has 196 valence electrons.